The Balaban J connectivity index is 0. The Morgan fingerprint density at radius 1 is 1.00 bits per heavy atom. The molecule has 0 spiro atoms. The quantitative estimate of drug-likeness (QED) is 0.481. The summed E-state index contributed by atoms with van der Waals surface area (Å²) in [6, 6.07) is 0. The van der Waals surface area contributed by atoms with Gasteiger partial charge in [-0.3, -0.25) is 0 Å². The van der Waals surface area contributed by atoms with Crippen LogP contribution in [0.4, 0.5) is 0 Å². The standard InChI is InChI=1S/C4H6O4S.C2H4/c1-3-7-9(5,6)8-4-2;1-2/h3-4H,1-2H2;1-2H2. The molecule has 11 heavy (non-hydrogen) atoms. The van der Waals surface area contributed by atoms with E-state index < -0.39 is 10.4 Å². The fourth-order valence-corrected chi connectivity index (χ4v) is 0.568. The lowest BCUT2D eigenvalue weighted by Gasteiger charge is -1.96. The topological polar surface area (TPSA) is 52.6 Å². The van der Waals surface area contributed by atoms with Crippen molar-refractivity contribution in [3.63, 3.8) is 0 Å². The molecule has 0 fully saturated rings. The van der Waals surface area contributed by atoms with Gasteiger partial charge in [0.1, 0.15) is 12.5 Å². The third-order valence-corrected chi connectivity index (χ3v) is 1.12. The lowest BCUT2D eigenvalue weighted by Crippen LogP contribution is -2.01. The minimum Gasteiger partial charge on any atom is -0.361 e. The van der Waals surface area contributed by atoms with Gasteiger partial charge >= 0.3 is 10.4 Å². The second-order valence-corrected chi connectivity index (χ2v) is 2.14. The first-order valence-electron chi connectivity index (χ1n) is 2.45. The lowest BCUT2D eigenvalue weighted by atomic mass is 11.2. The Kier molecular flexibility index (Phi) is 7.79. The average molecular weight is 178 g/mol. The van der Waals surface area contributed by atoms with Gasteiger partial charge in [0.2, 0.25) is 0 Å². The Morgan fingerprint density at radius 3 is 1.45 bits per heavy atom. The highest BCUT2D eigenvalue weighted by atomic mass is 32.3. The Hall–Kier alpha value is -1.23. The van der Waals surface area contributed by atoms with Gasteiger partial charge in [-0.05, 0) is 0 Å². The zero-order chi connectivity index (χ0) is 9.33. The van der Waals surface area contributed by atoms with E-state index in [0.29, 0.717) is 0 Å². The van der Waals surface area contributed by atoms with E-state index in [1.54, 1.807) is 0 Å². The van der Waals surface area contributed by atoms with Crippen molar-refractivity contribution < 1.29 is 16.8 Å². The molecule has 0 saturated heterocycles. The maximum absolute atomic E-state index is 10.2. The van der Waals surface area contributed by atoms with E-state index in [2.05, 4.69) is 34.7 Å². The molecule has 0 aliphatic heterocycles. The van der Waals surface area contributed by atoms with Crippen LogP contribution in [0.3, 0.4) is 0 Å². The zero-order valence-corrected chi connectivity index (χ0v) is 6.84. The first-order valence-corrected chi connectivity index (χ1v) is 3.79. The Morgan fingerprint density at radius 2 is 1.27 bits per heavy atom. The smallest absolute Gasteiger partial charge is 0.361 e. The summed E-state index contributed by atoms with van der Waals surface area (Å²) in [6.07, 6.45) is 1.50. The molecule has 0 aliphatic rings. The SMILES string of the molecule is C=C.C=COS(=O)(=O)OC=C. The normalized spacial score (nSPS) is 8.36. The van der Waals surface area contributed by atoms with E-state index in [4.69, 9.17) is 0 Å². The molecule has 0 amide bonds. The fraction of sp³-hybridized carbons (Fsp3) is 0. The van der Waals surface area contributed by atoms with Gasteiger partial charge in [-0.25, -0.2) is 0 Å². The third kappa shape index (κ3) is 8.77. The van der Waals surface area contributed by atoms with Gasteiger partial charge < -0.3 is 8.37 Å². The van der Waals surface area contributed by atoms with Crippen LogP contribution < -0.4 is 0 Å². The van der Waals surface area contributed by atoms with E-state index in [1.807, 2.05) is 0 Å². The summed E-state index contributed by atoms with van der Waals surface area (Å²) in [6.45, 7) is 12.0. The minimum atomic E-state index is -3.92. The molecular formula is C6H10O4S. The third-order valence-electron chi connectivity index (χ3n) is 0.372. The van der Waals surface area contributed by atoms with E-state index in [9.17, 15) is 8.42 Å². The van der Waals surface area contributed by atoms with Crippen LogP contribution in [0.5, 0.6) is 0 Å². The average Bonchev–Trinajstić information content (AvgIpc) is 1.91. The van der Waals surface area contributed by atoms with E-state index in [0.717, 1.165) is 12.5 Å². The monoisotopic (exact) mass is 178 g/mol. The van der Waals surface area contributed by atoms with Gasteiger partial charge in [0.25, 0.3) is 0 Å². The molecule has 4 nitrogen and oxygen atoms in total. The second kappa shape index (κ2) is 6.88. The maximum atomic E-state index is 10.2. The van der Waals surface area contributed by atoms with E-state index in [-0.39, 0.29) is 0 Å². The van der Waals surface area contributed by atoms with Crippen LogP contribution in [-0.2, 0) is 18.8 Å². The van der Waals surface area contributed by atoms with Crippen LogP contribution in [0, 0.1) is 0 Å². The zero-order valence-electron chi connectivity index (χ0n) is 6.02. The van der Waals surface area contributed by atoms with Crippen molar-refractivity contribution in [2.24, 2.45) is 0 Å². The summed E-state index contributed by atoms with van der Waals surface area (Å²) >= 11 is 0. The summed E-state index contributed by atoms with van der Waals surface area (Å²) in [5, 5.41) is 0. The highest BCUT2D eigenvalue weighted by Gasteiger charge is 2.05. The molecular weight excluding hydrogens is 168 g/mol. The van der Waals surface area contributed by atoms with Gasteiger partial charge in [0, 0.05) is 0 Å². The van der Waals surface area contributed by atoms with Crippen molar-refractivity contribution in [1.29, 1.82) is 0 Å². The fourth-order valence-electron chi connectivity index (χ4n) is 0.189. The number of rotatable bonds is 4. The first-order chi connectivity index (χ1) is 5.12. The van der Waals surface area contributed by atoms with Crippen LogP contribution in [0.15, 0.2) is 38.8 Å². The molecule has 0 unspecified atom stereocenters. The number of hydrogen-bond donors (Lipinski definition) is 0. The molecule has 0 bridgehead atoms. The van der Waals surface area contributed by atoms with Crippen LogP contribution in [0.2, 0.25) is 0 Å². The van der Waals surface area contributed by atoms with Crippen molar-refractivity contribution in [2.45, 2.75) is 0 Å². The van der Waals surface area contributed by atoms with Gasteiger partial charge in [-0.15, -0.1) is 21.6 Å². The second-order valence-electron chi connectivity index (χ2n) is 0.934. The molecule has 64 valence electrons. The summed E-state index contributed by atoms with van der Waals surface area (Å²) < 4.78 is 28.3. The van der Waals surface area contributed by atoms with Crippen LogP contribution in [-0.4, -0.2) is 8.42 Å². The van der Waals surface area contributed by atoms with Crippen molar-refractivity contribution in [1.82, 2.24) is 0 Å². The predicted octanol–water partition coefficient (Wildman–Crippen LogP) is 1.35. The summed E-state index contributed by atoms with van der Waals surface area (Å²) in [7, 11) is -3.92. The van der Waals surface area contributed by atoms with Gasteiger partial charge in [-0.1, -0.05) is 13.2 Å². The Labute approximate surface area is 66.8 Å². The summed E-state index contributed by atoms with van der Waals surface area (Å²) in [4.78, 5) is 0. The van der Waals surface area contributed by atoms with Gasteiger partial charge in [-0.2, -0.15) is 0 Å². The molecule has 0 atom stereocenters. The molecule has 0 radical (unpaired) electrons. The number of hydrogen-bond acceptors (Lipinski definition) is 4. The molecule has 0 aromatic rings. The molecule has 0 N–H and O–H groups in total. The molecule has 0 heterocycles. The van der Waals surface area contributed by atoms with Crippen molar-refractivity contribution in [3.8, 4) is 0 Å². The van der Waals surface area contributed by atoms with Gasteiger partial charge in [0.05, 0.1) is 0 Å². The molecule has 0 aliphatic carbocycles. The highest BCUT2D eigenvalue weighted by Crippen LogP contribution is 1.94. The molecule has 0 aromatic heterocycles. The van der Waals surface area contributed by atoms with Crippen molar-refractivity contribution >= 4 is 10.4 Å². The van der Waals surface area contributed by atoms with Crippen LogP contribution in [0.1, 0.15) is 0 Å². The molecule has 0 saturated carbocycles. The summed E-state index contributed by atoms with van der Waals surface area (Å²) in [5.41, 5.74) is 0. The van der Waals surface area contributed by atoms with Crippen LogP contribution >= 0.6 is 0 Å². The predicted molar refractivity (Wildman–Crippen MR) is 42.7 cm³/mol. The van der Waals surface area contributed by atoms with Crippen LogP contribution in [0.25, 0.3) is 0 Å². The largest absolute Gasteiger partial charge is 0.499 e. The van der Waals surface area contributed by atoms with Gasteiger partial charge in [0.15, 0.2) is 0 Å². The maximum Gasteiger partial charge on any atom is 0.499 e. The summed E-state index contributed by atoms with van der Waals surface area (Å²) in [5.74, 6) is 0. The molecule has 0 rings (SSSR count). The van der Waals surface area contributed by atoms with Crippen molar-refractivity contribution in [3.05, 3.63) is 38.8 Å². The Bertz CT molecular complexity index is 189. The van der Waals surface area contributed by atoms with E-state index >= 15 is 0 Å². The van der Waals surface area contributed by atoms with E-state index in [1.165, 1.54) is 0 Å². The van der Waals surface area contributed by atoms with Crippen molar-refractivity contribution in [2.75, 3.05) is 0 Å². The minimum absolute atomic E-state index is 0.749. The molecule has 5 heteroatoms. The first kappa shape index (κ1) is 12.4. The lowest BCUT2D eigenvalue weighted by molar-refractivity contribution is 0.337. The highest BCUT2D eigenvalue weighted by molar-refractivity contribution is 7.82. The molecule has 0 aromatic carbocycles.